The third-order valence-corrected chi connectivity index (χ3v) is 6.57. The molecule has 0 saturated carbocycles. The normalized spacial score (nSPS) is 23.2. The number of nitrogens with zero attached hydrogens (tertiary/aromatic N) is 2. The molecule has 0 aromatic carbocycles. The van der Waals surface area contributed by atoms with Crippen molar-refractivity contribution in [2.24, 2.45) is 11.8 Å². The fourth-order valence-electron chi connectivity index (χ4n) is 2.62. The molecule has 21 heavy (non-hydrogen) atoms. The van der Waals surface area contributed by atoms with E-state index < -0.39 is 10.2 Å². The maximum absolute atomic E-state index is 12.7. The first kappa shape index (κ1) is 18.9. The van der Waals surface area contributed by atoms with Crippen molar-refractivity contribution in [3.63, 3.8) is 0 Å². The molecule has 1 N–H and O–H groups in total. The van der Waals surface area contributed by atoms with Gasteiger partial charge in [-0.15, -0.1) is 0 Å². The van der Waals surface area contributed by atoms with E-state index in [-0.39, 0.29) is 6.04 Å². The van der Waals surface area contributed by atoms with Gasteiger partial charge in [0.25, 0.3) is 10.2 Å². The predicted molar refractivity (Wildman–Crippen MR) is 88.4 cm³/mol. The number of hydrogen-bond donors (Lipinski definition) is 1. The zero-order valence-electron chi connectivity index (χ0n) is 14.5. The quantitative estimate of drug-likeness (QED) is 0.780. The second-order valence-electron chi connectivity index (χ2n) is 6.94. The molecule has 2 atom stereocenters. The van der Waals surface area contributed by atoms with Gasteiger partial charge >= 0.3 is 0 Å². The zero-order chi connectivity index (χ0) is 16.2. The van der Waals surface area contributed by atoms with Crippen LogP contribution in [0.3, 0.4) is 0 Å². The van der Waals surface area contributed by atoms with E-state index >= 15 is 0 Å². The Morgan fingerprint density at radius 3 is 2.38 bits per heavy atom. The lowest BCUT2D eigenvalue weighted by atomic mass is 9.99. The minimum atomic E-state index is -3.34. The van der Waals surface area contributed by atoms with Gasteiger partial charge in [-0.25, -0.2) is 0 Å². The van der Waals surface area contributed by atoms with Gasteiger partial charge in [0.2, 0.25) is 0 Å². The minimum Gasteiger partial charge on any atom is -0.314 e. The van der Waals surface area contributed by atoms with Crippen molar-refractivity contribution in [3.05, 3.63) is 0 Å². The molecule has 1 fully saturated rings. The van der Waals surface area contributed by atoms with Gasteiger partial charge in [-0.3, -0.25) is 0 Å². The van der Waals surface area contributed by atoms with Crippen molar-refractivity contribution in [1.82, 2.24) is 13.9 Å². The molecule has 1 saturated heterocycles. The number of rotatable bonds is 7. The van der Waals surface area contributed by atoms with Crippen molar-refractivity contribution in [3.8, 4) is 0 Å². The SMILES string of the molecule is CC(C)NCC1CCCN(S(=O)(=O)N(C)C(C)C(C)C)C1. The Labute approximate surface area is 131 Å². The molecule has 0 aromatic heterocycles. The van der Waals surface area contributed by atoms with Crippen LogP contribution in [0, 0.1) is 11.8 Å². The molecule has 0 radical (unpaired) electrons. The number of piperidine rings is 1. The second-order valence-corrected chi connectivity index (χ2v) is 8.93. The van der Waals surface area contributed by atoms with Gasteiger partial charge in [-0.2, -0.15) is 17.0 Å². The molecule has 1 aliphatic rings. The molecular weight excluding hydrogens is 286 g/mol. The molecule has 0 bridgehead atoms. The van der Waals surface area contributed by atoms with Crippen molar-refractivity contribution in [1.29, 1.82) is 0 Å². The summed E-state index contributed by atoms with van der Waals surface area (Å²) >= 11 is 0. The van der Waals surface area contributed by atoms with Gasteiger partial charge in [-0.05, 0) is 38.1 Å². The van der Waals surface area contributed by atoms with Crippen LogP contribution in [0.1, 0.15) is 47.5 Å². The Morgan fingerprint density at radius 2 is 1.86 bits per heavy atom. The monoisotopic (exact) mass is 319 g/mol. The van der Waals surface area contributed by atoms with Crippen LogP contribution in [0.25, 0.3) is 0 Å². The molecule has 1 heterocycles. The van der Waals surface area contributed by atoms with Gasteiger partial charge < -0.3 is 5.32 Å². The number of nitrogens with one attached hydrogen (secondary N) is 1. The smallest absolute Gasteiger partial charge is 0.281 e. The van der Waals surface area contributed by atoms with Crippen LogP contribution < -0.4 is 5.32 Å². The van der Waals surface area contributed by atoms with Crippen molar-refractivity contribution < 1.29 is 8.42 Å². The summed E-state index contributed by atoms with van der Waals surface area (Å²) in [5.41, 5.74) is 0. The lowest BCUT2D eigenvalue weighted by molar-refractivity contribution is 0.227. The van der Waals surface area contributed by atoms with Crippen LogP contribution >= 0.6 is 0 Å². The molecule has 5 nitrogen and oxygen atoms in total. The summed E-state index contributed by atoms with van der Waals surface area (Å²) < 4.78 is 28.7. The Bertz CT molecular complexity index is 409. The maximum atomic E-state index is 12.7. The standard InChI is InChI=1S/C15H33N3O2S/c1-12(2)14(5)17(6)21(19,20)18-9-7-8-15(11-18)10-16-13(3)4/h12-16H,7-11H2,1-6H3. The van der Waals surface area contributed by atoms with Crippen LogP contribution in [0.4, 0.5) is 0 Å². The zero-order valence-corrected chi connectivity index (χ0v) is 15.3. The fourth-order valence-corrected chi connectivity index (χ4v) is 4.40. The van der Waals surface area contributed by atoms with Crippen molar-refractivity contribution in [2.75, 3.05) is 26.7 Å². The molecule has 0 spiro atoms. The number of hydrogen-bond acceptors (Lipinski definition) is 3. The first-order valence-corrected chi connectivity index (χ1v) is 9.52. The minimum absolute atomic E-state index is 0.0177. The molecule has 2 unspecified atom stereocenters. The Balaban J connectivity index is 2.70. The van der Waals surface area contributed by atoms with Crippen LogP contribution in [0.2, 0.25) is 0 Å². The van der Waals surface area contributed by atoms with Gasteiger partial charge in [0.05, 0.1) is 0 Å². The van der Waals surface area contributed by atoms with E-state index in [9.17, 15) is 8.42 Å². The third-order valence-electron chi connectivity index (χ3n) is 4.53. The summed E-state index contributed by atoms with van der Waals surface area (Å²) in [5.74, 6) is 0.728. The van der Waals surface area contributed by atoms with Crippen LogP contribution in [-0.2, 0) is 10.2 Å². The van der Waals surface area contributed by atoms with E-state index in [0.29, 0.717) is 31.0 Å². The summed E-state index contributed by atoms with van der Waals surface area (Å²) in [4.78, 5) is 0. The largest absolute Gasteiger partial charge is 0.314 e. The van der Waals surface area contributed by atoms with E-state index in [4.69, 9.17) is 0 Å². The Hall–Kier alpha value is -0.170. The van der Waals surface area contributed by atoms with Gasteiger partial charge in [0.15, 0.2) is 0 Å². The van der Waals surface area contributed by atoms with Crippen molar-refractivity contribution >= 4 is 10.2 Å². The average molecular weight is 320 g/mol. The maximum Gasteiger partial charge on any atom is 0.281 e. The molecule has 0 amide bonds. The Morgan fingerprint density at radius 1 is 1.24 bits per heavy atom. The van der Waals surface area contributed by atoms with Gasteiger partial charge in [0, 0.05) is 32.2 Å². The van der Waals surface area contributed by atoms with E-state index in [0.717, 1.165) is 19.4 Å². The highest BCUT2D eigenvalue weighted by molar-refractivity contribution is 7.86. The average Bonchev–Trinajstić information content (AvgIpc) is 2.43. The highest BCUT2D eigenvalue weighted by Crippen LogP contribution is 2.22. The highest BCUT2D eigenvalue weighted by Gasteiger charge is 2.34. The summed E-state index contributed by atoms with van der Waals surface area (Å²) in [7, 11) is -1.63. The lowest BCUT2D eigenvalue weighted by Gasteiger charge is -2.37. The summed E-state index contributed by atoms with van der Waals surface area (Å²) in [5, 5.41) is 3.42. The third kappa shape index (κ3) is 5.20. The summed E-state index contributed by atoms with van der Waals surface area (Å²) in [6, 6.07) is 0.463. The van der Waals surface area contributed by atoms with E-state index in [1.807, 2.05) is 6.92 Å². The topological polar surface area (TPSA) is 52.7 Å². The summed E-state index contributed by atoms with van der Waals surface area (Å²) in [6.45, 7) is 12.5. The van der Waals surface area contributed by atoms with Crippen molar-refractivity contribution in [2.45, 2.75) is 59.5 Å². The molecule has 1 rings (SSSR count). The molecule has 6 heteroatoms. The molecule has 0 aliphatic carbocycles. The van der Waals surface area contributed by atoms with Crippen LogP contribution in [-0.4, -0.2) is 55.8 Å². The molecule has 126 valence electrons. The lowest BCUT2D eigenvalue weighted by Crippen LogP contribution is -2.51. The first-order valence-electron chi connectivity index (χ1n) is 8.12. The predicted octanol–water partition coefficient (Wildman–Crippen LogP) is 1.92. The van der Waals surface area contributed by atoms with E-state index in [1.54, 1.807) is 11.4 Å². The van der Waals surface area contributed by atoms with Crippen LogP contribution in [0.5, 0.6) is 0 Å². The molecule has 0 aromatic rings. The fraction of sp³-hybridized carbons (Fsp3) is 1.00. The summed E-state index contributed by atoms with van der Waals surface area (Å²) in [6.07, 6.45) is 2.06. The molecular formula is C15H33N3O2S. The second kappa shape index (κ2) is 7.90. The molecule has 1 aliphatic heterocycles. The van der Waals surface area contributed by atoms with Crippen LogP contribution in [0.15, 0.2) is 0 Å². The van der Waals surface area contributed by atoms with E-state index in [2.05, 4.69) is 33.0 Å². The van der Waals surface area contributed by atoms with Gasteiger partial charge in [0.1, 0.15) is 0 Å². The Kier molecular flexibility index (Phi) is 7.10. The van der Waals surface area contributed by atoms with Gasteiger partial charge in [-0.1, -0.05) is 27.7 Å². The highest BCUT2D eigenvalue weighted by atomic mass is 32.2. The first-order chi connectivity index (χ1) is 9.66. The van der Waals surface area contributed by atoms with E-state index in [1.165, 1.54) is 4.31 Å².